The number of pyridine rings is 1. The summed E-state index contributed by atoms with van der Waals surface area (Å²) in [6.07, 6.45) is 3.96. The van der Waals surface area contributed by atoms with E-state index < -0.39 is 0 Å². The third-order valence-electron chi connectivity index (χ3n) is 3.61. The molecule has 0 spiro atoms. The van der Waals surface area contributed by atoms with E-state index in [2.05, 4.69) is 48.4 Å². The number of nitrogens with zero attached hydrogens (tertiary/aromatic N) is 1. The zero-order valence-electron chi connectivity index (χ0n) is 13.1. The fourth-order valence-corrected chi connectivity index (χ4v) is 2.40. The lowest BCUT2D eigenvalue weighted by Crippen LogP contribution is -2.24. The number of nitrogens with one attached hydrogen (secondary N) is 1. The van der Waals surface area contributed by atoms with Crippen LogP contribution in [0.1, 0.15) is 43.1 Å². The van der Waals surface area contributed by atoms with Crippen LogP contribution in [-0.4, -0.2) is 18.6 Å². The number of ether oxygens (including phenoxy) is 1. The van der Waals surface area contributed by atoms with Crippen molar-refractivity contribution in [1.82, 2.24) is 10.3 Å². The number of aromatic nitrogens is 1. The predicted molar refractivity (Wildman–Crippen MR) is 86.7 cm³/mol. The molecular weight excluding hydrogens is 260 g/mol. The van der Waals surface area contributed by atoms with Gasteiger partial charge in [0.2, 0.25) is 0 Å². The van der Waals surface area contributed by atoms with Gasteiger partial charge in [0, 0.05) is 6.20 Å². The second-order valence-electron chi connectivity index (χ2n) is 5.07. The van der Waals surface area contributed by atoms with E-state index >= 15 is 0 Å². The lowest BCUT2D eigenvalue weighted by atomic mass is 10.00. The number of rotatable bonds is 7. The van der Waals surface area contributed by atoms with Crippen molar-refractivity contribution in [1.29, 1.82) is 0 Å². The van der Waals surface area contributed by atoms with Gasteiger partial charge >= 0.3 is 0 Å². The van der Waals surface area contributed by atoms with Gasteiger partial charge in [0.05, 0.1) is 13.2 Å². The highest BCUT2D eigenvalue weighted by molar-refractivity contribution is 5.37. The minimum absolute atomic E-state index is 0.0620. The molecule has 1 unspecified atom stereocenters. The maximum Gasteiger partial charge on any atom is 0.142 e. The first kappa shape index (κ1) is 15.5. The van der Waals surface area contributed by atoms with Crippen molar-refractivity contribution in [2.24, 2.45) is 0 Å². The lowest BCUT2D eigenvalue weighted by Gasteiger charge is -2.20. The molecule has 0 saturated heterocycles. The summed E-state index contributed by atoms with van der Waals surface area (Å²) in [6.45, 7) is 5.28. The minimum atomic E-state index is 0.0620. The Morgan fingerprint density at radius 1 is 1.14 bits per heavy atom. The van der Waals surface area contributed by atoms with Crippen LogP contribution in [0.2, 0.25) is 0 Å². The summed E-state index contributed by atoms with van der Waals surface area (Å²) in [5, 5.41) is 3.57. The van der Waals surface area contributed by atoms with Gasteiger partial charge in [-0.05, 0) is 42.6 Å². The molecule has 0 bridgehead atoms. The standard InChI is InChI=1S/C18H24N2O/c1-4-12-19-17(15-10-8-14(5-2)9-11-15)18-16(21-3)7-6-13-20-18/h6-11,13,17,19H,4-5,12H2,1-3H3. The second-order valence-corrected chi connectivity index (χ2v) is 5.07. The second kappa shape index (κ2) is 7.79. The quantitative estimate of drug-likeness (QED) is 0.841. The van der Waals surface area contributed by atoms with E-state index in [1.807, 2.05) is 18.3 Å². The van der Waals surface area contributed by atoms with Crippen molar-refractivity contribution in [3.63, 3.8) is 0 Å². The maximum absolute atomic E-state index is 5.47. The highest BCUT2D eigenvalue weighted by Crippen LogP contribution is 2.28. The summed E-state index contributed by atoms with van der Waals surface area (Å²) in [6, 6.07) is 12.7. The molecular formula is C18H24N2O. The smallest absolute Gasteiger partial charge is 0.142 e. The largest absolute Gasteiger partial charge is 0.495 e. The molecule has 3 nitrogen and oxygen atoms in total. The molecule has 112 valence electrons. The highest BCUT2D eigenvalue weighted by atomic mass is 16.5. The van der Waals surface area contributed by atoms with Gasteiger partial charge in [-0.2, -0.15) is 0 Å². The summed E-state index contributed by atoms with van der Waals surface area (Å²) in [7, 11) is 1.69. The maximum atomic E-state index is 5.47. The molecule has 1 aromatic heterocycles. The van der Waals surface area contributed by atoms with Gasteiger partial charge in [-0.25, -0.2) is 0 Å². The van der Waals surface area contributed by atoms with Crippen LogP contribution >= 0.6 is 0 Å². The van der Waals surface area contributed by atoms with Crippen LogP contribution in [0, 0.1) is 0 Å². The van der Waals surface area contributed by atoms with E-state index in [9.17, 15) is 0 Å². The molecule has 2 aromatic rings. The van der Waals surface area contributed by atoms with E-state index in [4.69, 9.17) is 4.74 Å². The van der Waals surface area contributed by atoms with Crippen molar-refractivity contribution in [2.45, 2.75) is 32.7 Å². The molecule has 0 radical (unpaired) electrons. The number of aryl methyl sites for hydroxylation is 1. The third kappa shape index (κ3) is 3.82. The number of methoxy groups -OCH3 is 1. The Hall–Kier alpha value is -1.87. The number of benzene rings is 1. The first-order chi connectivity index (χ1) is 10.3. The SMILES string of the molecule is CCCNC(c1ccc(CC)cc1)c1ncccc1OC. The third-order valence-corrected chi connectivity index (χ3v) is 3.61. The van der Waals surface area contributed by atoms with Gasteiger partial charge in [0.25, 0.3) is 0 Å². The summed E-state index contributed by atoms with van der Waals surface area (Å²) >= 11 is 0. The Morgan fingerprint density at radius 2 is 1.90 bits per heavy atom. The molecule has 0 amide bonds. The monoisotopic (exact) mass is 284 g/mol. The Balaban J connectivity index is 2.36. The number of hydrogen-bond acceptors (Lipinski definition) is 3. The molecule has 0 aliphatic rings. The van der Waals surface area contributed by atoms with Crippen LogP contribution < -0.4 is 10.1 Å². The highest BCUT2D eigenvalue weighted by Gasteiger charge is 2.18. The number of hydrogen-bond donors (Lipinski definition) is 1. The average Bonchev–Trinajstić information content (AvgIpc) is 2.56. The first-order valence-electron chi connectivity index (χ1n) is 7.61. The van der Waals surface area contributed by atoms with Crippen LogP contribution in [0.3, 0.4) is 0 Å². The zero-order chi connectivity index (χ0) is 15.1. The van der Waals surface area contributed by atoms with E-state index in [-0.39, 0.29) is 6.04 Å². The normalized spacial score (nSPS) is 12.1. The molecule has 1 heterocycles. The Labute approximate surface area is 127 Å². The molecule has 0 saturated carbocycles. The molecule has 3 heteroatoms. The Morgan fingerprint density at radius 3 is 2.52 bits per heavy atom. The fraction of sp³-hybridized carbons (Fsp3) is 0.389. The first-order valence-corrected chi connectivity index (χ1v) is 7.61. The molecule has 2 rings (SSSR count). The van der Waals surface area contributed by atoms with Crippen molar-refractivity contribution in [3.05, 3.63) is 59.4 Å². The van der Waals surface area contributed by atoms with E-state index in [0.717, 1.165) is 30.8 Å². The molecule has 21 heavy (non-hydrogen) atoms. The van der Waals surface area contributed by atoms with Crippen LogP contribution in [0.25, 0.3) is 0 Å². The van der Waals surface area contributed by atoms with E-state index in [1.54, 1.807) is 7.11 Å². The van der Waals surface area contributed by atoms with Gasteiger partial charge in [-0.3, -0.25) is 4.98 Å². The average molecular weight is 284 g/mol. The molecule has 1 aromatic carbocycles. The van der Waals surface area contributed by atoms with Gasteiger partial charge in [-0.1, -0.05) is 38.1 Å². The van der Waals surface area contributed by atoms with Gasteiger partial charge in [0.15, 0.2) is 0 Å². The van der Waals surface area contributed by atoms with Gasteiger partial charge in [0.1, 0.15) is 11.4 Å². The van der Waals surface area contributed by atoms with E-state index in [0.29, 0.717) is 0 Å². The van der Waals surface area contributed by atoms with Crippen molar-refractivity contribution >= 4 is 0 Å². The van der Waals surface area contributed by atoms with Crippen LogP contribution in [0.5, 0.6) is 5.75 Å². The minimum Gasteiger partial charge on any atom is -0.495 e. The lowest BCUT2D eigenvalue weighted by molar-refractivity contribution is 0.399. The van der Waals surface area contributed by atoms with Gasteiger partial charge in [-0.15, -0.1) is 0 Å². The molecule has 1 N–H and O–H groups in total. The zero-order valence-corrected chi connectivity index (χ0v) is 13.1. The Bertz CT molecular complexity index is 551. The molecule has 1 atom stereocenters. The summed E-state index contributed by atoms with van der Waals surface area (Å²) in [5.41, 5.74) is 3.51. The van der Waals surface area contributed by atoms with Crippen LogP contribution in [-0.2, 0) is 6.42 Å². The molecule has 0 fully saturated rings. The van der Waals surface area contributed by atoms with E-state index in [1.165, 1.54) is 11.1 Å². The summed E-state index contributed by atoms with van der Waals surface area (Å²) in [5.74, 6) is 0.825. The van der Waals surface area contributed by atoms with Crippen molar-refractivity contribution in [2.75, 3.05) is 13.7 Å². The van der Waals surface area contributed by atoms with Crippen LogP contribution in [0.15, 0.2) is 42.6 Å². The summed E-state index contributed by atoms with van der Waals surface area (Å²) in [4.78, 5) is 4.53. The van der Waals surface area contributed by atoms with Gasteiger partial charge < -0.3 is 10.1 Å². The van der Waals surface area contributed by atoms with Crippen molar-refractivity contribution in [3.8, 4) is 5.75 Å². The topological polar surface area (TPSA) is 34.2 Å². The van der Waals surface area contributed by atoms with Crippen molar-refractivity contribution < 1.29 is 4.74 Å². The predicted octanol–water partition coefficient (Wildman–Crippen LogP) is 3.74. The molecule has 0 aliphatic carbocycles. The fourth-order valence-electron chi connectivity index (χ4n) is 2.40. The summed E-state index contributed by atoms with van der Waals surface area (Å²) < 4.78 is 5.47. The molecule has 0 aliphatic heterocycles. The van der Waals surface area contributed by atoms with Crippen LogP contribution in [0.4, 0.5) is 0 Å². The Kier molecular flexibility index (Phi) is 5.76.